The van der Waals surface area contributed by atoms with Gasteiger partial charge in [-0.2, -0.15) is 0 Å². The highest BCUT2D eigenvalue weighted by Crippen LogP contribution is 2.29. The molecule has 1 amide bonds. The Hall–Kier alpha value is -4.26. The SMILES string of the molecule is Cc1ccc(N2CCN(C(=O)c3ccc4nc(-c5ccc(F)cc5)c(CCCCC(=O)O)cc4c3)CC2)cc1. The van der Waals surface area contributed by atoms with Gasteiger partial charge in [0, 0.05) is 54.8 Å². The highest BCUT2D eigenvalue weighted by molar-refractivity contribution is 5.98. The number of hydrogen-bond donors (Lipinski definition) is 1. The van der Waals surface area contributed by atoms with E-state index >= 15 is 0 Å². The highest BCUT2D eigenvalue weighted by atomic mass is 19.1. The summed E-state index contributed by atoms with van der Waals surface area (Å²) in [7, 11) is 0. The lowest BCUT2D eigenvalue weighted by Gasteiger charge is -2.36. The number of aliphatic carboxylic acids is 1. The van der Waals surface area contributed by atoms with Crippen LogP contribution in [0.5, 0.6) is 0 Å². The first-order valence-electron chi connectivity index (χ1n) is 13.4. The number of carboxylic acids is 1. The van der Waals surface area contributed by atoms with Crippen molar-refractivity contribution in [3.63, 3.8) is 0 Å². The van der Waals surface area contributed by atoms with E-state index in [1.165, 1.54) is 23.4 Å². The fourth-order valence-electron chi connectivity index (χ4n) is 5.10. The summed E-state index contributed by atoms with van der Waals surface area (Å²) in [6.45, 7) is 4.95. The number of pyridine rings is 1. The lowest BCUT2D eigenvalue weighted by molar-refractivity contribution is -0.137. The summed E-state index contributed by atoms with van der Waals surface area (Å²) in [5, 5.41) is 9.86. The van der Waals surface area contributed by atoms with Crippen molar-refractivity contribution >= 4 is 28.5 Å². The average Bonchev–Trinajstić information content (AvgIpc) is 2.95. The van der Waals surface area contributed by atoms with Gasteiger partial charge in [-0.25, -0.2) is 9.37 Å². The standard InChI is InChI=1S/C32H32FN3O3/c1-22-6-13-28(14-7-22)35-16-18-36(19-17-35)32(39)25-10-15-29-26(21-25)20-24(4-2-3-5-30(37)38)31(34-29)23-8-11-27(33)12-9-23/h6-15,20-21H,2-5,16-19H2,1H3,(H,37,38). The second-order valence-corrected chi connectivity index (χ2v) is 10.1. The maximum atomic E-state index is 13.6. The minimum Gasteiger partial charge on any atom is -0.481 e. The van der Waals surface area contributed by atoms with Gasteiger partial charge in [0.05, 0.1) is 11.2 Å². The van der Waals surface area contributed by atoms with Crippen molar-refractivity contribution in [2.75, 3.05) is 31.1 Å². The van der Waals surface area contributed by atoms with Gasteiger partial charge in [-0.15, -0.1) is 0 Å². The third-order valence-electron chi connectivity index (χ3n) is 7.31. The Balaban J connectivity index is 1.36. The number of amides is 1. The van der Waals surface area contributed by atoms with Gasteiger partial charge < -0.3 is 14.9 Å². The zero-order valence-corrected chi connectivity index (χ0v) is 22.1. The molecule has 3 aromatic carbocycles. The van der Waals surface area contributed by atoms with E-state index < -0.39 is 5.97 Å². The van der Waals surface area contributed by atoms with Gasteiger partial charge in [0.2, 0.25) is 0 Å². The first-order valence-corrected chi connectivity index (χ1v) is 13.4. The summed E-state index contributed by atoms with van der Waals surface area (Å²) in [5.74, 6) is -1.12. The molecular weight excluding hydrogens is 493 g/mol. The molecule has 0 unspecified atom stereocenters. The van der Waals surface area contributed by atoms with Crippen LogP contribution in [-0.4, -0.2) is 53.0 Å². The van der Waals surface area contributed by atoms with Crippen LogP contribution < -0.4 is 4.90 Å². The molecule has 0 spiro atoms. The minimum absolute atomic E-state index is 0.00563. The number of fused-ring (bicyclic) bond motifs is 1. The number of halogens is 1. The number of nitrogens with zero attached hydrogens (tertiary/aromatic N) is 3. The van der Waals surface area contributed by atoms with Crippen molar-refractivity contribution in [1.29, 1.82) is 0 Å². The fraction of sp³-hybridized carbons (Fsp3) is 0.281. The first-order chi connectivity index (χ1) is 18.9. The number of carbonyl (C=O) groups excluding carboxylic acids is 1. The van der Waals surface area contributed by atoms with Crippen LogP contribution >= 0.6 is 0 Å². The summed E-state index contributed by atoms with van der Waals surface area (Å²) >= 11 is 0. The van der Waals surface area contributed by atoms with E-state index in [1.54, 1.807) is 12.1 Å². The second kappa shape index (κ2) is 11.6. The van der Waals surface area contributed by atoms with Gasteiger partial charge in [0.15, 0.2) is 0 Å². The Morgan fingerprint density at radius 3 is 2.31 bits per heavy atom. The third kappa shape index (κ3) is 6.25. The molecule has 1 aliphatic heterocycles. The molecule has 1 fully saturated rings. The summed E-state index contributed by atoms with van der Waals surface area (Å²) in [5.41, 5.74) is 6.30. The monoisotopic (exact) mass is 525 g/mol. The molecule has 6 nitrogen and oxygen atoms in total. The van der Waals surface area contributed by atoms with E-state index in [0.29, 0.717) is 37.9 Å². The summed E-state index contributed by atoms with van der Waals surface area (Å²) in [4.78, 5) is 33.5. The number of piperazine rings is 1. The molecule has 39 heavy (non-hydrogen) atoms. The maximum absolute atomic E-state index is 13.6. The molecular formula is C32H32FN3O3. The lowest BCUT2D eigenvalue weighted by atomic mass is 9.98. The predicted molar refractivity (Wildman–Crippen MR) is 152 cm³/mol. The van der Waals surface area contributed by atoms with Gasteiger partial charge in [0.25, 0.3) is 5.91 Å². The van der Waals surface area contributed by atoms with Gasteiger partial charge >= 0.3 is 5.97 Å². The number of aromatic nitrogens is 1. The van der Waals surface area contributed by atoms with Crippen molar-refractivity contribution < 1.29 is 19.1 Å². The molecule has 1 saturated heterocycles. The largest absolute Gasteiger partial charge is 0.481 e. The van der Waals surface area contributed by atoms with Crippen LogP contribution in [0.15, 0.2) is 72.8 Å². The number of aryl methyl sites for hydroxylation is 2. The molecule has 7 heteroatoms. The van der Waals surface area contributed by atoms with Crippen LogP contribution in [0.3, 0.4) is 0 Å². The van der Waals surface area contributed by atoms with Crippen molar-refractivity contribution in [2.45, 2.75) is 32.6 Å². The smallest absolute Gasteiger partial charge is 0.303 e. The molecule has 1 N–H and O–H groups in total. The van der Waals surface area contributed by atoms with Crippen molar-refractivity contribution in [3.05, 3.63) is 95.3 Å². The minimum atomic E-state index is -0.812. The van der Waals surface area contributed by atoms with Crippen molar-refractivity contribution in [3.8, 4) is 11.3 Å². The van der Waals surface area contributed by atoms with Crippen molar-refractivity contribution in [2.24, 2.45) is 0 Å². The molecule has 0 atom stereocenters. The van der Waals surface area contributed by atoms with Crippen LogP contribution in [0.4, 0.5) is 10.1 Å². The molecule has 5 rings (SSSR count). The topological polar surface area (TPSA) is 73.7 Å². The highest BCUT2D eigenvalue weighted by Gasteiger charge is 2.23. The number of benzene rings is 3. The molecule has 4 aromatic rings. The van der Waals surface area contributed by atoms with Crippen LogP contribution in [0.25, 0.3) is 22.2 Å². The second-order valence-electron chi connectivity index (χ2n) is 10.1. The zero-order valence-electron chi connectivity index (χ0n) is 22.1. The van der Waals surface area contributed by atoms with Crippen LogP contribution in [0.1, 0.15) is 40.7 Å². The molecule has 0 radical (unpaired) electrons. The van der Waals surface area contributed by atoms with E-state index in [2.05, 4.69) is 36.1 Å². The van der Waals surface area contributed by atoms with E-state index in [4.69, 9.17) is 10.1 Å². The third-order valence-corrected chi connectivity index (χ3v) is 7.31. The van der Waals surface area contributed by atoms with Gasteiger partial charge in [-0.3, -0.25) is 9.59 Å². The van der Waals surface area contributed by atoms with Crippen molar-refractivity contribution in [1.82, 2.24) is 9.88 Å². The Morgan fingerprint density at radius 1 is 0.897 bits per heavy atom. The quantitative estimate of drug-likeness (QED) is 0.281. The molecule has 0 bridgehead atoms. The predicted octanol–water partition coefficient (Wildman–Crippen LogP) is 6.11. The van der Waals surface area contributed by atoms with Crippen LogP contribution in [0, 0.1) is 12.7 Å². The first kappa shape index (κ1) is 26.4. The van der Waals surface area contributed by atoms with Gasteiger partial charge in [-0.1, -0.05) is 17.7 Å². The molecule has 200 valence electrons. The zero-order chi connectivity index (χ0) is 27.4. The van der Waals surface area contributed by atoms with Gasteiger partial charge in [-0.05, 0) is 92.4 Å². The summed E-state index contributed by atoms with van der Waals surface area (Å²) in [6.07, 6.45) is 2.01. The number of unbranched alkanes of at least 4 members (excludes halogenated alkanes) is 1. The number of hydrogen-bond acceptors (Lipinski definition) is 4. The molecule has 0 aliphatic carbocycles. The van der Waals surface area contributed by atoms with E-state index in [0.717, 1.165) is 40.8 Å². The van der Waals surface area contributed by atoms with E-state index in [1.807, 2.05) is 29.2 Å². The molecule has 1 aliphatic rings. The Morgan fingerprint density at radius 2 is 1.62 bits per heavy atom. The summed E-state index contributed by atoms with van der Waals surface area (Å²) < 4.78 is 13.6. The van der Waals surface area contributed by atoms with Gasteiger partial charge in [0.1, 0.15) is 5.82 Å². The van der Waals surface area contributed by atoms with E-state index in [9.17, 15) is 14.0 Å². The average molecular weight is 526 g/mol. The number of anilines is 1. The number of carboxylic acid groups (broad SMARTS) is 1. The molecule has 2 heterocycles. The normalized spacial score (nSPS) is 13.6. The Bertz CT molecular complexity index is 1480. The van der Waals surface area contributed by atoms with Crippen LogP contribution in [0.2, 0.25) is 0 Å². The maximum Gasteiger partial charge on any atom is 0.303 e. The summed E-state index contributed by atoms with van der Waals surface area (Å²) in [6, 6.07) is 22.3. The lowest BCUT2D eigenvalue weighted by Crippen LogP contribution is -2.48. The number of rotatable bonds is 8. The fourth-order valence-corrected chi connectivity index (χ4v) is 5.10. The Kier molecular flexibility index (Phi) is 7.87. The molecule has 0 saturated carbocycles. The van der Waals surface area contributed by atoms with Crippen LogP contribution in [-0.2, 0) is 11.2 Å². The molecule has 1 aromatic heterocycles. The Labute approximate surface area is 227 Å². The number of carbonyl (C=O) groups is 2. The van der Waals surface area contributed by atoms with E-state index in [-0.39, 0.29) is 18.1 Å².